The van der Waals surface area contributed by atoms with Crippen LogP contribution < -0.4 is 5.32 Å². The molecular formula is C18H15F3N4OS. The van der Waals surface area contributed by atoms with Crippen molar-refractivity contribution in [3.8, 4) is 5.69 Å². The molecule has 1 amide bonds. The van der Waals surface area contributed by atoms with E-state index in [0.717, 1.165) is 17.1 Å². The standard InChI is InChI=1S/C18H15F3N4OS/c1-11-9-12(2)25(24-11)14-6-3-5-13(10-14)23-16(26)15-7-4-8-22-17(15)27-18(19,20)21/h3-10H,1-2H3,(H,23,26). The van der Waals surface area contributed by atoms with Gasteiger partial charge >= 0.3 is 5.51 Å². The zero-order valence-electron chi connectivity index (χ0n) is 14.4. The first kappa shape index (κ1) is 19.0. The Morgan fingerprint density at radius 3 is 2.59 bits per heavy atom. The first-order chi connectivity index (χ1) is 12.7. The van der Waals surface area contributed by atoms with Crippen LogP contribution in [0.3, 0.4) is 0 Å². The summed E-state index contributed by atoms with van der Waals surface area (Å²) in [6.07, 6.45) is 1.22. The molecule has 0 saturated carbocycles. The van der Waals surface area contributed by atoms with Crippen LogP contribution >= 0.6 is 11.8 Å². The summed E-state index contributed by atoms with van der Waals surface area (Å²) in [5, 5.41) is 6.61. The Bertz CT molecular complexity index is 985. The van der Waals surface area contributed by atoms with Crippen LogP contribution in [-0.4, -0.2) is 26.2 Å². The third-order valence-electron chi connectivity index (χ3n) is 3.59. The topological polar surface area (TPSA) is 59.8 Å². The first-order valence-electron chi connectivity index (χ1n) is 7.89. The summed E-state index contributed by atoms with van der Waals surface area (Å²) in [7, 11) is 0. The largest absolute Gasteiger partial charge is 0.447 e. The highest BCUT2D eigenvalue weighted by atomic mass is 32.2. The minimum absolute atomic E-state index is 0.142. The number of hydrogen-bond acceptors (Lipinski definition) is 4. The van der Waals surface area contributed by atoms with E-state index in [4.69, 9.17) is 0 Å². The average Bonchev–Trinajstić information content (AvgIpc) is 2.92. The highest BCUT2D eigenvalue weighted by Gasteiger charge is 2.32. The van der Waals surface area contributed by atoms with Crippen molar-refractivity contribution in [1.29, 1.82) is 0 Å². The van der Waals surface area contributed by atoms with Crippen LogP contribution in [0.1, 0.15) is 21.7 Å². The Morgan fingerprint density at radius 1 is 1.15 bits per heavy atom. The Hall–Kier alpha value is -2.81. The third-order valence-corrected chi connectivity index (χ3v) is 4.34. The maximum absolute atomic E-state index is 12.7. The Kier molecular flexibility index (Phi) is 5.22. The van der Waals surface area contributed by atoms with Crippen LogP contribution in [0.5, 0.6) is 0 Å². The molecule has 140 valence electrons. The van der Waals surface area contributed by atoms with Crippen molar-refractivity contribution in [2.24, 2.45) is 0 Å². The number of thioether (sulfide) groups is 1. The second-order valence-electron chi connectivity index (χ2n) is 5.75. The molecule has 0 fully saturated rings. The van der Waals surface area contributed by atoms with Gasteiger partial charge in [-0.3, -0.25) is 4.79 Å². The lowest BCUT2D eigenvalue weighted by Crippen LogP contribution is -2.15. The van der Waals surface area contributed by atoms with E-state index in [1.54, 1.807) is 22.9 Å². The van der Waals surface area contributed by atoms with Crippen LogP contribution in [0.4, 0.5) is 18.9 Å². The van der Waals surface area contributed by atoms with Gasteiger partial charge in [-0.1, -0.05) is 6.07 Å². The van der Waals surface area contributed by atoms with Gasteiger partial charge in [0.2, 0.25) is 0 Å². The van der Waals surface area contributed by atoms with E-state index in [-0.39, 0.29) is 5.56 Å². The lowest BCUT2D eigenvalue weighted by molar-refractivity contribution is -0.0329. The predicted molar refractivity (Wildman–Crippen MR) is 97.1 cm³/mol. The Labute approximate surface area is 157 Å². The molecule has 2 heterocycles. The quantitative estimate of drug-likeness (QED) is 0.651. The third kappa shape index (κ3) is 4.68. The molecular weight excluding hydrogens is 377 g/mol. The number of carbonyl (C=O) groups excluding carboxylic acids is 1. The minimum Gasteiger partial charge on any atom is -0.322 e. The van der Waals surface area contributed by atoms with E-state index in [1.807, 2.05) is 26.0 Å². The molecule has 0 spiro atoms. The van der Waals surface area contributed by atoms with Gasteiger partial charge in [-0.05, 0) is 50.2 Å². The molecule has 0 saturated heterocycles. The number of amides is 1. The van der Waals surface area contributed by atoms with Crippen LogP contribution in [0, 0.1) is 13.8 Å². The molecule has 1 aromatic carbocycles. The zero-order chi connectivity index (χ0) is 19.6. The molecule has 0 unspecified atom stereocenters. The number of halogens is 3. The lowest BCUT2D eigenvalue weighted by Gasteiger charge is -2.11. The molecule has 27 heavy (non-hydrogen) atoms. The number of nitrogens with zero attached hydrogens (tertiary/aromatic N) is 3. The minimum atomic E-state index is -4.53. The molecule has 0 aliphatic carbocycles. The number of aryl methyl sites for hydroxylation is 2. The number of carbonyl (C=O) groups is 1. The van der Waals surface area contributed by atoms with E-state index in [1.165, 1.54) is 18.3 Å². The van der Waals surface area contributed by atoms with Gasteiger partial charge in [-0.2, -0.15) is 18.3 Å². The smallest absolute Gasteiger partial charge is 0.322 e. The number of pyridine rings is 1. The average molecular weight is 392 g/mol. The number of nitrogens with one attached hydrogen (secondary N) is 1. The summed E-state index contributed by atoms with van der Waals surface area (Å²) < 4.78 is 39.7. The number of benzene rings is 1. The molecule has 0 radical (unpaired) electrons. The summed E-state index contributed by atoms with van der Waals surface area (Å²) in [6, 6.07) is 11.6. The summed E-state index contributed by atoms with van der Waals surface area (Å²) in [5.41, 5.74) is -1.72. The SMILES string of the molecule is Cc1cc(C)n(-c2cccc(NC(=O)c3cccnc3SC(F)(F)F)c2)n1. The van der Waals surface area contributed by atoms with Crippen LogP contribution in [0.2, 0.25) is 0 Å². The fourth-order valence-corrected chi connectivity index (χ4v) is 3.16. The molecule has 0 bridgehead atoms. The van der Waals surface area contributed by atoms with Crippen LogP contribution in [-0.2, 0) is 0 Å². The van der Waals surface area contributed by atoms with Crippen molar-refractivity contribution in [2.75, 3.05) is 5.32 Å². The van der Waals surface area contributed by atoms with E-state index >= 15 is 0 Å². The molecule has 0 aliphatic heterocycles. The predicted octanol–water partition coefficient (Wildman–Crippen LogP) is 4.75. The van der Waals surface area contributed by atoms with Gasteiger partial charge in [0.15, 0.2) is 0 Å². The van der Waals surface area contributed by atoms with Crippen molar-refractivity contribution in [2.45, 2.75) is 24.4 Å². The summed E-state index contributed by atoms with van der Waals surface area (Å²) in [5.74, 6) is -0.666. The highest BCUT2D eigenvalue weighted by Crippen LogP contribution is 2.37. The van der Waals surface area contributed by atoms with Crippen molar-refractivity contribution >= 4 is 23.4 Å². The first-order valence-corrected chi connectivity index (χ1v) is 8.70. The summed E-state index contributed by atoms with van der Waals surface area (Å²) >= 11 is -0.415. The van der Waals surface area contributed by atoms with Crippen molar-refractivity contribution in [3.63, 3.8) is 0 Å². The Balaban J connectivity index is 1.85. The number of rotatable bonds is 4. The molecule has 3 rings (SSSR count). The molecule has 5 nitrogen and oxygen atoms in total. The van der Waals surface area contributed by atoms with Gasteiger partial charge in [-0.15, -0.1) is 0 Å². The number of anilines is 1. The van der Waals surface area contributed by atoms with E-state index in [9.17, 15) is 18.0 Å². The Morgan fingerprint density at radius 2 is 1.93 bits per heavy atom. The van der Waals surface area contributed by atoms with Gasteiger partial charge in [0, 0.05) is 29.3 Å². The normalized spacial score (nSPS) is 11.4. The number of hydrogen-bond donors (Lipinski definition) is 1. The van der Waals surface area contributed by atoms with Gasteiger partial charge < -0.3 is 5.32 Å². The van der Waals surface area contributed by atoms with E-state index in [0.29, 0.717) is 5.69 Å². The van der Waals surface area contributed by atoms with E-state index in [2.05, 4.69) is 15.4 Å². The second kappa shape index (κ2) is 7.43. The second-order valence-corrected chi connectivity index (χ2v) is 6.80. The maximum atomic E-state index is 12.7. The molecule has 0 atom stereocenters. The van der Waals surface area contributed by atoms with Crippen molar-refractivity contribution < 1.29 is 18.0 Å². The zero-order valence-corrected chi connectivity index (χ0v) is 15.2. The molecule has 9 heteroatoms. The van der Waals surface area contributed by atoms with Gasteiger partial charge in [0.1, 0.15) is 5.03 Å². The highest BCUT2D eigenvalue weighted by molar-refractivity contribution is 8.00. The van der Waals surface area contributed by atoms with Crippen molar-refractivity contribution in [1.82, 2.24) is 14.8 Å². The van der Waals surface area contributed by atoms with Crippen molar-refractivity contribution in [3.05, 3.63) is 65.6 Å². The van der Waals surface area contributed by atoms with Gasteiger partial charge in [0.05, 0.1) is 16.9 Å². The molecule has 1 N–H and O–H groups in total. The number of alkyl halides is 3. The monoisotopic (exact) mass is 392 g/mol. The molecule has 3 aromatic rings. The molecule has 2 aromatic heterocycles. The lowest BCUT2D eigenvalue weighted by atomic mass is 10.2. The van der Waals surface area contributed by atoms with Gasteiger partial charge in [-0.25, -0.2) is 9.67 Å². The fraction of sp³-hybridized carbons (Fsp3) is 0.167. The fourth-order valence-electron chi connectivity index (χ4n) is 2.56. The van der Waals surface area contributed by atoms with Crippen LogP contribution in [0.15, 0.2) is 53.7 Å². The van der Waals surface area contributed by atoms with Crippen LogP contribution in [0.25, 0.3) is 5.69 Å². The van der Waals surface area contributed by atoms with Gasteiger partial charge in [0.25, 0.3) is 5.91 Å². The maximum Gasteiger partial charge on any atom is 0.447 e. The molecule has 0 aliphatic rings. The summed E-state index contributed by atoms with van der Waals surface area (Å²) in [4.78, 5) is 16.2. The van der Waals surface area contributed by atoms with E-state index < -0.39 is 28.2 Å². The number of aromatic nitrogens is 3. The summed E-state index contributed by atoms with van der Waals surface area (Å²) in [6.45, 7) is 3.78.